The van der Waals surface area contributed by atoms with Gasteiger partial charge in [0.25, 0.3) is 0 Å². The summed E-state index contributed by atoms with van der Waals surface area (Å²) in [6, 6.07) is 8.84. The molecular weight excluding hydrogens is 476 g/mol. The third-order valence-corrected chi connectivity index (χ3v) is 9.90. The monoisotopic (exact) mass is 508 g/mol. The van der Waals surface area contributed by atoms with Crippen LogP contribution in [-0.2, 0) is 26.8 Å². The third kappa shape index (κ3) is 4.10. The van der Waals surface area contributed by atoms with Gasteiger partial charge in [-0.25, -0.2) is 13.4 Å². The zero-order valence-corrected chi connectivity index (χ0v) is 21.4. The predicted octanol–water partition coefficient (Wildman–Crippen LogP) is 3.29. The zero-order chi connectivity index (χ0) is 24.9. The smallest absolute Gasteiger partial charge is 0.243 e. The van der Waals surface area contributed by atoms with E-state index in [1.54, 1.807) is 28.6 Å². The molecule has 2 aliphatic heterocycles. The molecule has 0 amide bonds. The Hall–Kier alpha value is -2.82. The summed E-state index contributed by atoms with van der Waals surface area (Å²) in [4.78, 5) is 24.4. The van der Waals surface area contributed by atoms with Crippen LogP contribution in [0.1, 0.15) is 44.2 Å². The molecule has 10 heteroatoms. The second-order valence-electron chi connectivity index (χ2n) is 10.5. The van der Waals surface area contributed by atoms with Crippen molar-refractivity contribution in [1.29, 1.82) is 0 Å². The molecule has 0 radical (unpaired) electrons. The summed E-state index contributed by atoms with van der Waals surface area (Å²) >= 11 is 0. The van der Waals surface area contributed by atoms with Crippen molar-refractivity contribution in [3.63, 3.8) is 0 Å². The normalized spacial score (nSPS) is 21.1. The molecule has 36 heavy (non-hydrogen) atoms. The fraction of sp³-hybridized carbons (Fsp3) is 0.500. The van der Waals surface area contributed by atoms with Gasteiger partial charge in [-0.3, -0.25) is 4.79 Å². The van der Waals surface area contributed by atoms with Crippen LogP contribution in [0.15, 0.2) is 41.4 Å². The molecule has 1 spiro atoms. The number of nitrogens with zero attached hydrogens (tertiary/aromatic N) is 5. The number of anilines is 2. The topological polar surface area (TPSA) is 100 Å². The first kappa shape index (κ1) is 23.6. The fourth-order valence-corrected chi connectivity index (χ4v) is 7.52. The molecule has 3 aromatic rings. The molecule has 0 bridgehead atoms. The minimum absolute atomic E-state index is 0.171. The average molecular weight is 509 g/mol. The quantitative estimate of drug-likeness (QED) is 0.577. The van der Waals surface area contributed by atoms with Crippen molar-refractivity contribution >= 4 is 38.5 Å². The van der Waals surface area contributed by atoms with Crippen LogP contribution in [0.4, 0.5) is 11.6 Å². The molecule has 1 aromatic carbocycles. The Balaban J connectivity index is 1.27. The summed E-state index contributed by atoms with van der Waals surface area (Å²) in [6.07, 6.45) is 8.33. The Labute approximate surface area is 211 Å². The van der Waals surface area contributed by atoms with E-state index in [4.69, 9.17) is 4.98 Å². The molecular formula is C26H32N6O3S. The second-order valence-corrected chi connectivity index (χ2v) is 12.4. The third-order valence-electron chi connectivity index (χ3n) is 7.99. The molecule has 1 saturated carbocycles. The van der Waals surface area contributed by atoms with E-state index in [0.29, 0.717) is 42.6 Å². The van der Waals surface area contributed by atoms with Gasteiger partial charge in [-0.05, 0) is 50.2 Å². The Morgan fingerprint density at radius 2 is 1.72 bits per heavy atom. The van der Waals surface area contributed by atoms with Gasteiger partial charge in [0, 0.05) is 62.0 Å². The number of fused-ring (bicyclic) bond motifs is 4. The first-order chi connectivity index (χ1) is 17.3. The minimum atomic E-state index is -3.51. The van der Waals surface area contributed by atoms with Crippen molar-refractivity contribution in [3.05, 3.63) is 42.2 Å². The molecule has 4 heterocycles. The highest BCUT2D eigenvalue weighted by atomic mass is 32.2. The number of likely N-dealkylation sites (N-methyl/N-ethyl adjacent to an activating group) is 1. The number of ketones is 1. The first-order valence-electron chi connectivity index (χ1n) is 12.8. The van der Waals surface area contributed by atoms with Gasteiger partial charge in [-0.15, -0.1) is 0 Å². The number of benzene rings is 1. The number of aromatic nitrogens is 3. The summed E-state index contributed by atoms with van der Waals surface area (Å²) in [5.74, 6) is 0.770. The van der Waals surface area contributed by atoms with E-state index < -0.39 is 10.0 Å². The standard InChI is InChI=1S/C26H32N6O3S/c1-30-11-13-31(14-12-30)36(34,35)23-7-5-20(6-8-23)28-25-27-18-19-15-21-16-22(33)17-26(9-3-2-4-10-26)32(21)24(19)29-25/h5-8,15,18H,2-4,9-14,16-17H2,1H3,(H,27,28,29). The number of sulfonamides is 1. The molecule has 1 N–H and O–H groups in total. The summed E-state index contributed by atoms with van der Waals surface area (Å²) < 4.78 is 29.9. The van der Waals surface area contributed by atoms with E-state index in [2.05, 4.69) is 25.8 Å². The molecule has 0 atom stereocenters. The van der Waals surface area contributed by atoms with Gasteiger partial charge in [-0.2, -0.15) is 9.29 Å². The van der Waals surface area contributed by atoms with Crippen molar-refractivity contribution in [2.24, 2.45) is 0 Å². The number of hydrogen-bond donors (Lipinski definition) is 1. The minimum Gasteiger partial charge on any atom is -0.324 e. The molecule has 6 rings (SSSR count). The molecule has 9 nitrogen and oxygen atoms in total. The van der Waals surface area contributed by atoms with E-state index in [1.807, 2.05) is 13.2 Å². The molecule has 0 unspecified atom stereocenters. The van der Waals surface area contributed by atoms with Crippen LogP contribution in [0.2, 0.25) is 0 Å². The van der Waals surface area contributed by atoms with Gasteiger partial charge in [0.1, 0.15) is 11.4 Å². The number of piperazine rings is 1. The molecule has 2 aromatic heterocycles. The highest BCUT2D eigenvalue weighted by Gasteiger charge is 2.41. The lowest BCUT2D eigenvalue weighted by molar-refractivity contribution is -0.122. The number of nitrogens with one attached hydrogen (secondary N) is 1. The van der Waals surface area contributed by atoms with Crippen molar-refractivity contribution in [2.45, 2.75) is 55.4 Å². The predicted molar refractivity (Wildman–Crippen MR) is 138 cm³/mol. The van der Waals surface area contributed by atoms with Gasteiger partial charge in [0.05, 0.1) is 10.4 Å². The largest absolute Gasteiger partial charge is 0.324 e. The van der Waals surface area contributed by atoms with Gasteiger partial charge in [0.15, 0.2) is 0 Å². The maximum Gasteiger partial charge on any atom is 0.243 e. The molecule has 3 aliphatic rings. The molecule has 1 saturated heterocycles. The Morgan fingerprint density at radius 3 is 2.44 bits per heavy atom. The number of carbonyl (C=O) groups excluding carboxylic acids is 1. The van der Waals surface area contributed by atoms with Gasteiger partial charge in [0.2, 0.25) is 16.0 Å². The van der Waals surface area contributed by atoms with Gasteiger partial charge in [-0.1, -0.05) is 19.3 Å². The van der Waals surface area contributed by atoms with Crippen LogP contribution in [0, 0.1) is 0 Å². The maximum atomic E-state index is 13.0. The number of Topliss-reactive ketones (excluding diaryl/α,β-unsaturated/α-hetero) is 1. The summed E-state index contributed by atoms with van der Waals surface area (Å²) in [5, 5.41) is 4.19. The van der Waals surface area contributed by atoms with Crippen LogP contribution in [-0.4, -0.2) is 71.2 Å². The van der Waals surface area contributed by atoms with E-state index in [1.165, 1.54) is 6.42 Å². The Morgan fingerprint density at radius 1 is 1.00 bits per heavy atom. The molecule has 190 valence electrons. The number of carbonyl (C=O) groups is 1. The van der Waals surface area contributed by atoms with Crippen LogP contribution in [0.3, 0.4) is 0 Å². The van der Waals surface area contributed by atoms with E-state index in [-0.39, 0.29) is 5.54 Å². The van der Waals surface area contributed by atoms with Crippen LogP contribution < -0.4 is 5.32 Å². The Bertz CT molecular complexity index is 1400. The summed E-state index contributed by atoms with van der Waals surface area (Å²) in [7, 11) is -1.51. The van der Waals surface area contributed by atoms with Crippen LogP contribution in [0.5, 0.6) is 0 Å². The Kier molecular flexibility index (Phi) is 5.85. The van der Waals surface area contributed by atoms with E-state index in [9.17, 15) is 13.2 Å². The van der Waals surface area contributed by atoms with Crippen molar-refractivity contribution < 1.29 is 13.2 Å². The molecule has 2 fully saturated rings. The maximum absolute atomic E-state index is 13.0. The molecule has 1 aliphatic carbocycles. The summed E-state index contributed by atoms with van der Waals surface area (Å²) in [6.45, 7) is 2.47. The number of hydrogen-bond acceptors (Lipinski definition) is 7. The average Bonchev–Trinajstić information content (AvgIpc) is 3.23. The first-order valence-corrected chi connectivity index (χ1v) is 14.2. The van der Waals surface area contributed by atoms with Crippen molar-refractivity contribution in [2.75, 3.05) is 38.5 Å². The second kappa shape index (κ2) is 8.93. The zero-order valence-electron chi connectivity index (χ0n) is 20.6. The number of rotatable bonds is 4. The summed E-state index contributed by atoms with van der Waals surface area (Å²) in [5.41, 5.74) is 2.45. The van der Waals surface area contributed by atoms with Gasteiger partial charge >= 0.3 is 0 Å². The lowest BCUT2D eigenvalue weighted by Crippen LogP contribution is -2.46. The van der Waals surface area contributed by atoms with E-state index in [0.717, 1.165) is 61.2 Å². The van der Waals surface area contributed by atoms with Crippen molar-refractivity contribution in [1.82, 2.24) is 23.7 Å². The highest BCUT2D eigenvalue weighted by molar-refractivity contribution is 7.89. The van der Waals surface area contributed by atoms with Crippen LogP contribution >= 0.6 is 0 Å². The van der Waals surface area contributed by atoms with Crippen molar-refractivity contribution in [3.8, 4) is 0 Å². The highest BCUT2D eigenvalue weighted by Crippen LogP contribution is 2.44. The lowest BCUT2D eigenvalue weighted by atomic mass is 9.75. The fourth-order valence-electron chi connectivity index (χ4n) is 6.10. The van der Waals surface area contributed by atoms with Gasteiger partial charge < -0.3 is 14.8 Å². The lowest BCUT2D eigenvalue weighted by Gasteiger charge is -2.42. The SMILES string of the molecule is CN1CCN(S(=O)(=O)c2ccc(Nc3ncc4cc5n(c4n3)C3(CCCCC3)CC(=O)C5)cc2)CC1. The van der Waals surface area contributed by atoms with E-state index >= 15 is 0 Å². The van der Waals surface area contributed by atoms with Crippen LogP contribution in [0.25, 0.3) is 11.0 Å².